The number of morpholine rings is 1. The van der Waals surface area contributed by atoms with E-state index in [4.69, 9.17) is 10.5 Å². The Labute approximate surface area is 182 Å². The third-order valence-electron chi connectivity index (χ3n) is 5.73. The van der Waals surface area contributed by atoms with Crippen molar-refractivity contribution in [1.82, 2.24) is 4.90 Å². The van der Waals surface area contributed by atoms with Crippen LogP contribution in [0.25, 0.3) is 0 Å². The lowest BCUT2D eigenvalue weighted by Gasteiger charge is -2.37. The predicted octanol–water partition coefficient (Wildman–Crippen LogP) is 3.87. The van der Waals surface area contributed by atoms with Crippen LogP contribution in [0.3, 0.4) is 0 Å². The molecule has 0 saturated carbocycles. The van der Waals surface area contributed by atoms with Crippen molar-refractivity contribution in [2.75, 3.05) is 32.8 Å². The average Bonchev–Trinajstić information content (AvgIpc) is 2.72. The van der Waals surface area contributed by atoms with Crippen molar-refractivity contribution >= 4 is 18.2 Å². The maximum absolute atomic E-state index is 13.1. The van der Waals surface area contributed by atoms with Gasteiger partial charge in [0.05, 0.1) is 19.1 Å². The van der Waals surface area contributed by atoms with Crippen LogP contribution in [0.2, 0.25) is 0 Å². The number of unbranched alkanes of at least 4 members (excludes halogenated alkanes) is 6. The summed E-state index contributed by atoms with van der Waals surface area (Å²) in [5.41, 5.74) is 5.31. The molecule has 1 saturated heterocycles. The summed E-state index contributed by atoms with van der Waals surface area (Å²) in [5.74, 6) is -0.568. The standard InChI is InChI=1S/C23H38N2O3.ClH/c1-2-3-4-5-6-7-11-14-22(26)21(19-25-15-17-28-18-16-25)23(24,27)20-12-9-8-10-13-20;/h8-10,12-13,21,27H,2-7,11,14-19,24H2,1H3;1H. The average molecular weight is 427 g/mol. The fourth-order valence-corrected chi connectivity index (χ4v) is 3.87. The van der Waals surface area contributed by atoms with Gasteiger partial charge >= 0.3 is 0 Å². The summed E-state index contributed by atoms with van der Waals surface area (Å²) in [4.78, 5) is 15.3. The smallest absolute Gasteiger partial charge is 0.150 e. The highest BCUT2D eigenvalue weighted by molar-refractivity contribution is 5.85. The molecule has 0 spiro atoms. The molecule has 2 atom stereocenters. The summed E-state index contributed by atoms with van der Waals surface area (Å²) in [6, 6.07) is 9.18. The number of nitrogens with zero attached hydrogens (tertiary/aromatic N) is 1. The number of nitrogens with two attached hydrogens (primary N) is 1. The third kappa shape index (κ3) is 8.73. The first-order valence-electron chi connectivity index (χ1n) is 10.9. The summed E-state index contributed by atoms with van der Waals surface area (Å²) in [6.07, 6.45) is 8.64. The number of rotatable bonds is 13. The number of halogens is 1. The van der Waals surface area contributed by atoms with Crippen LogP contribution in [0.4, 0.5) is 0 Å². The molecule has 1 aromatic carbocycles. The maximum Gasteiger partial charge on any atom is 0.150 e. The van der Waals surface area contributed by atoms with Gasteiger partial charge in [0.25, 0.3) is 0 Å². The summed E-state index contributed by atoms with van der Waals surface area (Å²) in [6.45, 7) is 5.55. The minimum absolute atomic E-state index is 0. The van der Waals surface area contributed by atoms with E-state index < -0.39 is 11.6 Å². The van der Waals surface area contributed by atoms with Gasteiger partial charge < -0.3 is 9.84 Å². The molecule has 1 aliphatic rings. The second kappa shape index (κ2) is 14.1. The van der Waals surface area contributed by atoms with Crippen LogP contribution < -0.4 is 5.73 Å². The second-order valence-corrected chi connectivity index (χ2v) is 7.99. The van der Waals surface area contributed by atoms with Gasteiger partial charge in [-0.2, -0.15) is 0 Å². The zero-order valence-electron chi connectivity index (χ0n) is 17.9. The van der Waals surface area contributed by atoms with Crippen molar-refractivity contribution in [2.45, 2.75) is 64.0 Å². The van der Waals surface area contributed by atoms with Crippen molar-refractivity contribution in [3.8, 4) is 0 Å². The van der Waals surface area contributed by atoms with Crippen LogP contribution >= 0.6 is 12.4 Å². The number of benzene rings is 1. The molecule has 2 unspecified atom stereocenters. The Morgan fingerprint density at radius 2 is 1.69 bits per heavy atom. The Kier molecular flexibility index (Phi) is 12.7. The quantitative estimate of drug-likeness (QED) is 0.370. The van der Waals surface area contributed by atoms with E-state index in [0.717, 1.165) is 25.9 Å². The molecule has 0 bridgehead atoms. The molecule has 2 rings (SSSR count). The van der Waals surface area contributed by atoms with Crippen LogP contribution in [0.15, 0.2) is 30.3 Å². The minimum atomic E-state index is -1.65. The van der Waals surface area contributed by atoms with Crippen LogP contribution in [0.5, 0.6) is 0 Å². The van der Waals surface area contributed by atoms with Crippen molar-refractivity contribution in [3.05, 3.63) is 35.9 Å². The van der Waals surface area contributed by atoms with Crippen molar-refractivity contribution in [3.63, 3.8) is 0 Å². The van der Waals surface area contributed by atoms with Gasteiger partial charge in [-0.25, -0.2) is 0 Å². The number of ether oxygens (including phenoxy) is 1. The Bertz CT molecular complexity index is 563. The van der Waals surface area contributed by atoms with E-state index in [1.54, 1.807) is 12.1 Å². The van der Waals surface area contributed by atoms with E-state index in [1.165, 1.54) is 32.1 Å². The van der Waals surface area contributed by atoms with Gasteiger partial charge in [-0.1, -0.05) is 75.8 Å². The molecule has 3 N–H and O–H groups in total. The van der Waals surface area contributed by atoms with Gasteiger partial charge in [0, 0.05) is 26.1 Å². The highest BCUT2D eigenvalue weighted by atomic mass is 35.5. The Morgan fingerprint density at radius 3 is 2.31 bits per heavy atom. The summed E-state index contributed by atoms with van der Waals surface area (Å²) < 4.78 is 5.41. The van der Waals surface area contributed by atoms with Gasteiger partial charge in [-0.3, -0.25) is 15.4 Å². The number of ketones is 1. The Hall–Kier alpha value is -0.980. The zero-order valence-corrected chi connectivity index (χ0v) is 18.7. The molecule has 6 heteroatoms. The first-order chi connectivity index (χ1) is 13.6. The third-order valence-corrected chi connectivity index (χ3v) is 5.73. The summed E-state index contributed by atoms with van der Waals surface area (Å²) >= 11 is 0. The summed E-state index contributed by atoms with van der Waals surface area (Å²) in [7, 11) is 0. The highest BCUT2D eigenvalue weighted by Gasteiger charge is 2.40. The van der Waals surface area contributed by atoms with E-state index in [9.17, 15) is 9.90 Å². The lowest BCUT2D eigenvalue weighted by Crippen LogP contribution is -2.53. The van der Waals surface area contributed by atoms with E-state index >= 15 is 0 Å². The molecule has 1 fully saturated rings. The number of Topliss-reactive ketones (excluding diaryl/α,β-unsaturated/α-hetero) is 1. The largest absolute Gasteiger partial charge is 0.379 e. The molecular formula is C23H39ClN2O3. The molecule has 0 aromatic heterocycles. The zero-order chi connectivity index (χ0) is 20.2. The van der Waals surface area contributed by atoms with Gasteiger partial charge in [0.2, 0.25) is 0 Å². The first kappa shape index (κ1) is 26.1. The van der Waals surface area contributed by atoms with E-state index in [-0.39, 0.29) is 18.2 Å². The molecule has 1 aromatic rings. The minimum Gasteiger partial charge on any atom is -0.379 e. The SMILES string of the molecule is CCCCCCCCCC(=O)C(CN1CCOCC1)C(N)(O)c1ccccc1.Cl. The Balaban J connectivity index is 0.00000420. The number of aliphatic hydroxyl groups is 1. The summed E-state index contributed by atoms with van der Waals surface area (Å²) in [5, 5.41) is 11.1. The lowest BCUT2D eigenvalue weighted by molar-refractivity contribution is -0.136. The Morgan fingerprint density at radius 1 is 1.10 bits per heavy atom. The highest BCUT2D eigenvalue weighted by Crippen LogP contribution is 2.28. The molecule has 29 heavy (non-hydrogen) atoms. The number of carbonyl (C=O) groups is 1. The monoisotopic (exact) mass is 426 g/mol. The van der Waals surface area contributed by atoms with Gasteiger partial charge in [-0.05, 0) is 12.0 Å². The van der Waals surface area contributed by atoms with Gasteiger partial charge in [0.15, 0.2) is 5.72 Å². The number of carbonyl (C=O) groups excluding carboxylic acids is 1. The number of hydrogen-bond donors (Lipinski definition) is 2. The molecule has 166 valence electrons. The fraction of sp³-hybridized carbons (Fsp3) is 0.696. The van der Waals surface area contributed by atoms with E-state index in [0.29, 0.717) is 31.7 Å². The van der Waals surface area contributed by atoms with Gasteiger partial charge in [-0.15, -0.1) is 12.4 Å². The predicted molar refractivity (Wildman–Crippen MR) is 120 cm³/mol. The van der Waals surface area contributed by atoms with Crippen molar-refractivity contribution in [1.29, 1.82) is 0 Å². The van der Waals surface area contributed by atoms with Crippen LogP contribution in [-0.2, 0) is 15.3 Å². The van der Waals surface area contributed by atoms with E-state index in [2.05, 4.69) is 11.8 Å². The molecule has 0 aliphatic carbocycles. The van der Waals surface area contributed by atoms with Crippen LogP contribution in [-0.4, -0.2) is 48.6 Å². The lowest BCUT2D eigenvalue weighted by atomic mass is 9.84. The molecule has 0 radical (unpaired) electrons. The topological polar surface area (TPSA) is 75.8 Å². The molecular weight excluding hydrogens is 388 g/mol. The molecule has 1 aliphatic heterocycles. The maximum atomic E-state index is 13.1. The normalized spacial score (nSPS) is 17.9. The first-order valence-corrected chi connectivity index (χ1v) is 10.9. The molecule has 1 heterocycles. The number of hydrogen-bond acceptors (Lipinski definition) is 5. The fourth-order valence-electron chi connectivity index (χ4n) is 3.87. The molecule has 5 nitrogen and oxygen atoms in total. The van der Waals surface area contributed by atoms with Crippen LogP contribution in [0.1, 0.15) is 63.9 Å². The van der Waals surface area contributed by atoms with Gasteiger partial charge in [0.1, 0.15) is 5.78 Å². The van der Waals surface area contributed by atoms with Crippen molar-refractivity contribution < 1.29 is 14.6 Å². The van der Waals surface area contributed by atoms with Crippen molar-refractivity contribution in [2.24, 2.45) is 11.7 Å². The molecule has 0 amide bonds. The van der Waals surface area contributed by atoms with Crippen LogP contribution in [0, 0.1) is 5.92 Å². The second-order valence-electron chi connectivity index (χ2n) is 7.99. The van der Waals surface area contributed by atoms with E-state index in [1.807, 2.05) is 18.2 Å².